The Morgan fingerprint density at radius 3 is 2.48 bits per heavy atom. The molecule has 0 spiro atoms. The summed E-state index contributed by atoms with van der Waals surface area (Å²) in [7, 11) is -0.285. The molecule has 1 aliphatic heterocycles. The second-order valence-electron chi connectivity index (χ2n) is 8.04. The minimum absolute atomic E-state index is 0.00277. The van der Waals surface area contributed by atoms with E-state index >= 15 is 0 Å². The van der Waals surface area contributed by atoms with Crippen molar-refractivity contribution >= 4 is 21.6 Å². The number of rotatable bonds is 5. The Morgan fingerprint density at radius 2 is 1.81 bits per heavy atom. The van der Waals surface area contributed by atoms with Gasteiger partial charge in [-0.1, -0.05) is 23.8 Å². The molecular formula is C24H27N3O3S. The smallest absolute Gasteiger partial charge is 0.264 e. The summed E-state index contributed by atoms with van der Waals surface area (Å²) in [4.78, 5) is 15.3. The summed E-state index contributed by atoms with van der Waals surface area (Å²) in [6.07, 6.45) is 3.80. The van der Waals surface area contributed by atoms with E-state index in [2.05, 4.69) is 0 Å². The number of carbonyl (C=O) groups excluding carboxylic acids is 1. The maximum atomic E-state index is 13.3. The molecule has 1 saturated heterocycles. The van der Waals surface area contributed by atoms with Crippen molar-refractivity contribution in [3.05, 3.63) is 83.7 Å². The van der Waals surface area contributed by atoms with Gasteiger partial charge in [-0.3, -0.25) is 9.10 Å². The highest BCUT2D eigenvalue weighted by Crippen LogP contribution is 2.33. The second kappa shape index (κ2) is 8.23. The SMILES string of the molecule is Cc1ccc(N(C)S(=O)(=O)c2cccc(C(=O)N3CCCC3c3cccn3C)c2)cc1. The average molecular weight is 438 g/mol. The molecule has 0 aliphatic carbocycles. The third-order valence-corrected chi connectivity index (χ3v) is 7.76. The maximum Gasteiger partial charge on any atom is 0.264 e. The molecule has 2 heterocycles. The Morgan fingerprint density at radius 1 is 1.06 bits per heavy atom. The van der Waals surface area contributed by atoms with Gasteiger partial charge in [0.25, 0.3) is 15.9 Å². The van der Waals surface area contributed by atoms with Gasteiger partial charge in [0, 0.05) is 38.1 Å². The Bertz CT molecular complexity index is 1200. The first-order valence-electron chi connectivity index (χ1n) is 10.4. The summed E-state index contributed by atoms with van der Waals surface area (Å²) >= 11 is 0. The van der Waals surface area contributed by atoms with Crippen molar-refractivity contribution in [2.24, 2.45) is 7.05 Å². The van der Waals surface area contributed by atoms with Crippen LogP contribution in [0.25, 0.3) is 0 Å². The highest BCUT2D eigenvalue weighted by molar-refractivity contribution is 7.92. The number of carbonyl (C=O) groups is 1. The Kier molecular flexibility index (Phi) is 5.62. The highest BCUT2D eigenvalue weighted by atomic mass is 32.2. The molecule has 0 N–H and O–H groups in total. The van der Waals surface area contributed by atoms with Crippen molar-refractivity contribution in [1.29, 1.82) is 0 Å². The second-order valence-corrected chi connectivity index (χ2v) is 10.0. The van der Waals surface area contributed by atoms with Crippen LogP contribution in [0.4, 0.5) is 5.69 Å². The number of aryl methyl sites for hydroxylation is 2. The van der Waals surface area contributed by atoms with Crippen molar-refractivity contribution in [1.82, 2.24) is 9.47 Å². The molecule has 1 unspecified atom stereocenters. The first-order chi connectivity index (χ1) is 14.8. The van der Waals surface area contributed by atoms with Crippen LogP contribution in [0.3, 0.4) is 0 Å². The average Bonchev–Trinajstić information content (AvgIpc) is 3.42. The van der Waals surface area contributed by atoms with E-state index in [1.807, 2.05) is 53.9 Å². The fraction of sp³-hybridized carbons (Fsp3) is 0.292. The van der Waals surface area contributed by atoms with Crippen LogP contribution in [0.15, 0.2) is 71.8 Å². The summed E-state index contributed by atoms with van der Waals surface area (Å²) in [5, 5.41) is 0. The Hall–Kier alpha value is -3.06. The van der Waals surface area contributed by atoms with E-state index in [0.717, 1.165) is 24.1 Å². The van der Waals surface area contributed by atoms with Crippen LogP contribution in [0.1, 0.15) is 40.5 Å². The van der Waals surface area contributed by atoms with E-state index in [1.165, 1.54) is 23.5 Å². The third-order valence-electron chi connectivity index (χ3n) is 5.98. The lowest BCUT2D eigenvalue weighted by Gasteiger charge is -2.26. The Balaban J connectivity index is 1.62. The topological polar surface area (TPSA) is 62.6 Å². The van der Waals surface area contributed by atoms with Crippen LogP contribution in [-0.4, -0.2) is 37.4 Å². The number of nitrogens with zero attached hydrogens (tertiary/aromatic N) is 3. The normalized spacial score (nSPS) is 16.5. The number of hydrogen-bond acceptors (Lipinski definition) is 3. The lowest BCUT2D eigenvalue weighted by atomic mass is 10.1. The number of benzene rings is 2. The number of aromatic nitrogens is 1. The molecule has 6 nitrogen and oxygen atoms in total. The van der Waals surface area contributed by atoms with Crippen LogP contribution in [-0.2, 0) is 17.1 Å². The molecule has 31 heavy (non-hydrogen) atoms. The van der Waals surface area contributed by atoms with E-state index in [0.29, 0.717) is 17.8 Å². The predicted molar refractivity (Wildman–Crippen MR) is 122 cm³/mol. The summed E-state index contributed by atoms with van der Waals surface area (Å²) in [5.74, 6) is -0.140. The summed E-state index contributed by atoms with van der Waals surface area (Å²) in [6, 6.07) is 17.7. The van der Waals surface area contributed by atoms with Crippen LogP contribution in [0.5, 0.6) is 0 Å². The van der Waals surface area contributed by atoms with Crippen LogP contribution >= 0.6 is 0 Å². The van der Waals surface area contributed by atoms with Gasteiger partial charge in [0.05, 0.1) is 16.6 Å². The number of likely N-dealkylation sites (tertiary alicyclic amines) is 1. The Labute approximate surface area is 183 Å². The lowest BCUT2D eigenvalue weighted by Crippen LogP contribution is -2.32. The molecule has 1 fully saturated rings. The van der Waals surface area contributed by atoms with Gasteiger partial charge in [-0.15, -0.1) is 0 Å². The van der Waals surface area contributed by atoms with Gasteiger partial charge in [-0.25, -0.2) is 8.42 Å². The van der Waals surface area contributed by atoms with Gasteiger partial charge in [0.1, 0.15) is 0 Å². The van der Waals surface area contributed by atoms with Crippen LogP contribution in [0, 0.1) is 6.92 Å². The maximum absolute atomic E-state index is 13.3. The van der Waals surface area contributed by atoms with Gasteiger partial charge in [0.2, 0.25) is 0 Å². The zero-order valence-corrected chi connectivity index (χ0v) is 18.8. The number of hydrogen-bond donors (Lipinski definition) is 0. The molecule has 1 amide bonds. The van der Waals surface area contributed by atoms with Gasteiger partial charge in [-0.2, -0.15) is 0 Å². The number of anilines is 1. The van der Waals surface area contributed by atoms with E-state index < -0.39 is 10.0 Å². The van der Waals surface area contributed by atoms with E-state index in [4.69, 9.17) is 0 Å². The van der Waals surface area contributed by atoms with E-state index in [-0.39, 0.29) is 16.8 Å². The molecule has 1 aliphatic rings. The molecule has 4 rings (SSSR count). The molecule has 7 heteroatoms. The van der Waals surface area contributed by atoms with Gasteiger partial charge < -0.3 is 9.47 Å². The lowest BCUT2D eigenvalue weighted by molar-refractivity contribution is 0.0731. The fourth-order valence-electron chi connectivity index (χ4n) is 4.14. The van der Waals surface area contributed by atoms with Crippen LogP contribution in [0.2, 0.25) is 0 Å². The van der Waals surface area contributed by atoms with Gasteiger partial charge in [-0.05, 0) is 62.2 Å². The number of sulfonamides is 1. The van der Waals surface area contributed by atoms with Gasteiger partial charge in [0.15, 0.2) is 0 Å². The van der Waals surface area contributed by atoms with Crippen molar-refractivity contribution in [3.8, 4) is 0 Å². The highest BCUT2D eigenvalue weighted by Gasteiger charge is 2.32. The number of amides is 1. The molecule has 0 bridgehead atoms. The molecule has 0 saturated carbocycles. The zero-order chi connectivity index (χ0) is 22.2. The largest absolute Gasteiger partial charge is 0.353 e. The third kappa shape index (κ3) is 3.97. The monoisotopic (exact) mass is 437 g/mol. The predicted octanol–water partition coefficient (Wildman–Crippen LogP) is 4.14. The molecule has 2 aromatic carbocycles. The van der Waals surface area contributed by atoms with Crippen LogP contribution < -0.4 is 4.31 Å². The summed E-state index contributed by atoms with van der Waals surface area (Å²) in [5.41, 5.74) is 3.11. The quantitative estimate of drug-likeness (QED) is 0.603. The molecular weight excluding hydrogens is 410 g/mol. The zero-order valence-electron chi connectivity index (χ0n) is 18.0. The summed E-state index contributed by atoms with van der Waals surface area (Å²) in [6.45, 7) is 2.61. The van der Waals surface area contributed by atoms with Gasteiger partial charge >= 0.3 is 0 Å². The fourth-order valence-corrected chi connectivity index (χ4v) is 5.39. The minimum atomic E-state index is -3.79. The van der Waals surface area contributed by atoms with E-state index in [9.17, 15) is 13.2 Å². The standard InChI is InChI=1S/C24H27N3O3S/c1-18-11-13-20(14-12-18)26(3)31(29,30)21-8-4-7-19(17-21)24(28)27-16-6-10-23(27)22-9-5-15-25(22)2/h4-5,7-9,11-15,17,23H,6,10,16H2,1-3H3. The van der Waals surface area contributed by atoms with Crippen molar-refractivity contribution < 1.29 is 13.2 Å². The molecule has 162 valence electrons. The molecule has 1 atom stereocenters. The van der Waals surface area contributed by atoms with E-state index in [1.54, 1.807) is 24.3 Å². The first-order valence-corrected chi connectivity index (χ1v) is 11.8. The molecule has 3 aromatic rings. The molecule has 0 radical (unpaired) electrons. The van der Waals surface area contributed by atoms with Crippen molar-refractivity contribution in [2.75, 3.05) is 17.9 Å². The molecule has 1 aromatic heterocycles. The van der Waals surface area contributed by atoms with Crippen molar-refractivity contribution in [2.45, 2.75) is 30.7 Å². The van der Waals surface area contributed by atoms with Crippen molar-refractivity contribution in [3.63, 3.8) is 0 Å². The summed E-state index contributed by atoms with van der Waals surface area (Å²) < 4.78 is 29.7. The first kappa shape index (κ1) is 21.2. The minimum Gasteiger partial charge on any atom is -0.353 e.